The average molecular weight is 302 g/mol. The van der Waals surface area contributed by atoms with Gasteiger partial charge in [-0.15, -0.1) is 11.3 Å². The first-order valence-electron chi connectivity index (χ1n) is 6.74. The molecule has 6 heteroatoms. The highest BCUT2D eigenvalue weighted by Gasteiger charge is 2.12. The molecule has 21 heavy (non-hydrogen) atoms. The zero-order valence-corrected chi connectivity index (χ0v) is 13.0. The molecule has 2 heterocycles. The van der Waals surface area contributed by atoms with Gasteiger partial charge in [0, 0.05) is 11.4 Å². The summed E-state index contributed by atoms with van der Waals surface area (Å²) in [6, 6.07) is 5.70. The molecule has 2 aromatic rings. The first-order chi connectivity index (χ1) is 10.1. The lowest BCUT2D eigenvalue weighted by Crippen LogP contribution is -2.25. The van der Waals surface area contributed by atoms with Crippen LogP contribution in [-0.2, 0) is 13.1 Å². The van der Waals surface area contributed by atoms with Crippen LogP contribution in [-0.4, -0.2) is 22.2 Å². The van der Waals surface area contributed by atoms with Crippen molar-refractivity contribution in [3.05, 3.63) is 39.3 Å². The summed E-state index contributed by atoms with van der Waals surface area (Å²) < 4.78 is 1.71. The van der Waals surface area contributed by atoms with Crippen molar-refractivity contribution in [3.8, 4) is 11.8 Å². The summed E-state index contributed by atoms with van der Waals surface area (Å²) in [6.07, 6.45) is 0. The lowest BCUT2D eigenvalue weighted by Gasteiger charge is -2.05. The van der Waals surface area contributed by atoms with Gasteiger partial charge in [0.2, 0.25) is 0 Å². The molecule has 0 bridgehead atoms. The Morgan fingerprint density at radius 1 is 1.52 bits per heavy atom. The van der Waals surface area contributed by atoms with E-state index >= 15 is 0 Å². The molecule has 0 unspecified atom stereocenters. The molecule has 0 aliphatic rings. The van der Waals surface area contributed by atoms with Crippen LogP contribution in [0.3, 0.4) is 0 Å². The van der Waals surface area contributed by atoms with Crippen molar-refractivity contribution in [3.63, 3.8) is 0 Å². The van der Waals surface area contributed by atoms with Crippen molar-refractivity contribution in [1.82, 2.24) is 15.1 Å². The van der Waals surface area contributed by atoms with Gasteiger partial charge in [-0.2, -0.15) is 5.10 Å². The Bertz CT molecular complexity index is 690. The number of carbonyl (C=O) groups is 1. The van der Waals surface area contributed by atoms with Crippen LogP contribution in [0.5, 0.6) is 0 Å². The maximum atomic E-state index is 12.2. The molecular weight excluding hydrogens is 284 g/mol. The standard InChI is InChI=1S/C15H18N4OS/c1-3-19-14(9-11(2)18-19)15(20)17-10-13-7-6-12(21-13)5-4-8-16/h6-7,9H,3,8,10,16H2,1-2H3,(H,17,20). The van der Waals surface area contributed by atoms with Gasteiger partial charge in [-0.05, 0) is 32.0 Å². The smallest absolute Gasteiger partial charge is 0.269 e. The van der Waals surface area contributed by atoms with E-state index in [1.807, 2.05) is 26.0 Å². The molecule has 1 amide bonds. The number of hydrogen-bond acceptors (Lipinski definition) is 4. The lowest BCUT2D eigenvalue weighted by molar-refractivity contribution is 0.0940. The zero-order valence-electron chi connectivity index (χ0n) is 12.1. The van der Waals surface area contributed by atoms with Crippen LogP contribution in [0.1, 0.15) is 32.9 Å². The SMILES string of the molecule is CCn1nc(C)cc1C(=O)NCc1ccc(C#CCN)s1. The van der Waals surface area contributed by atoms with Crippen molar-refractivity contribution >= 4 is 17.2 Å². The van der Waals surface area contributed by atoms with Gasteiger partial charge in [-0.3, -0.25) is 9.48 Å². The van der Waals surface area contributed by atoms with Crippen LogP contribution in [0.25, 0.3) is 0 Å². The number of nitrogens with zero attached hydrogens (tertiary/aromatic N) is 2. The molecular formula is C15H18N4OS. The third-order valence-corrected chi connectivity index (χ3v) is 3.83. The monoisotopic (exact) mass is 302 g/mol. The van der Waals surface area contributed by atoms with E-state index in [0.29, 0.717) is 25.3 Å². The molecule has 0 radical (unpaired) electrons. The van der Waals surface area contributed by atoms with Gasteiger partial charge < -0.3 is 11.1 Å². The Labute approximate surface area is 128 Å². The molecule has 2 aromatic heterocycles. The van der Waals surface area contributed by atoms with Gasteiger partial charge in [0.25, 0.3) is 5.91 Å². The summed E-state index contributed by atoms with van der Waals surface area (Å²) in [6.45, 7) is 5.36. The average Bonchev–Trinajstić information content (AvgIpc) is 3.08. The summed E-state index contributed by atoms with van der Waals surface area (Å²) in [5.74, 6) is 5.69. The van der Waals surface area contributed by atoms with Crippen LogP contribution in [0.2, 0.25) is 0 Å². The van der Waals surface area contributed by atoms with E-state index in [1.54, 1.807) is 22.1 Å². The largest absolute Gasteiger partial charge is 0.346 e. The number of aromatic nitrogens is 2. The van der Waals surface area contributed by atoms with Crippen LogP contribution < -0.4 is 11.1 Å². The molecule has 5 nitrogen and oxygen atoms in total. The van der Waals surface area contributed by atoms with Crippen molar-refractivity contribution in [1.29, 1.82) is 0 Å². The Morgan fingerprint density at radius 2 is 2.33 bits per heavy atom. The van der Waals surface area contributed by atoms with Gasteiger partial charge in [-0.25, -0.2) is 0 Å². The normalized spacial score (nSPS) is 10.0. The molecule has 110 valence electrons. The third kappa shape index (κ3) is 3.94. The van der Waals surface area contributed by atoms with E-state index in [0.717, 1.165) is 15.4 Å². The number of rotatable bonds is 4. The Morgan fingerprint density at radius 3 is 3.05 bits per heavy atom. The molecule has 0 aliphatic carbocycles. The fourth-order valence-corrected chi connectivity index (χ4v) is 2.73. The fraction of sp³-hybridized carbons (Fsp3) is 0.333. The minimum absolute atomic E-state index is 0.111. The first kappa shape index (κ1) is 15.3. The Kier molecular flexibility index (Phi) is 5.14. The van der Waals surface area contributed by atoms with Gasteiger partial charge in [0.15, 0.2) is 0 Å². The minimum atomic E-state index is -0.111. The second kappa shape index (κ2) is 7.07. The number of nitrogens with two attached hydrogens (primary N) is 1. The van der Waals surface area contributed by atoms with Crippen molar-refractivity contribution < 1.29 is 4.79 Å². The van der Waals surface area contributed by atoms with Crippen molar-refractivity contribution in [2.24, 2.45) is 5.73 Å². The molecule has 0 saturated heterocycles. The highest BCUT2D eigenvalue weighted by Crippen LogP contribution is 2.15. The second-order valence-electron chi connectivity index (χ2n) is 4.44. The number of nitrogens with one attached hydrogen (secondary N) is 1. The van der Waals surface area contributed by atoms with E-state index < -0.39 is 0 Å². The van der Waals surface area contributed by atoms with E-state index in [2.05, 4.69) is 22.3 Å². The van der Waals surface area contributed by atoms with Crippen LogP contribution in [0, 0.1) is 18.8 Å². The summed E-state index contributed by atoms with van der Waals surface area (Å²) in [7, 11) is 0. The maximum absolute atomic E-state index is 12.2. The van der Waals surface area contributed by atoms with E-state index in [-0.39, 0.29) is 5.91 Å². The maximum Gasteiger partial charge on any atom is 0.269 e. The van der Waals surface area contributed by atoms with E-state index in [9.17, 15) is 4.79 Å². The van der Waals surface area contributed by atoms with Crippen LogP contribution in [0.15, 0.2) is 18.2 Å². The minimum Gasteiger partial charge on any atom is -0.346 e. The summed E-state index contributed by atoms with van der Waals surface area (Å²) in [4.78, 5) is 14.2. The van der Waals surface area contributed by atoms with Crippen LogP contribution in [0.4, 0.5) is 0 Å². The van der Waals surface area contributed by atoms with E-state index in [4.69, 9.17) is 5.73 Å². The Hall–Kier alpha value is -2.10. The second-order valence-corrected chi connectivity index (χ2v) is 5.61. The third-order valence-electron chi connectivity index (χ3n) is 2.83. The number of carbonyl (C=O) groups excluding carboxylic acids is 1. The molecule has 0 aliphatic heterocycles. The zero-order chi connectivity index (χ0) is 15.2. The topological polar surface area (TPSA) is 72.9 Å². The van der Waals surface area contributed by atoms with Gasteiger partial charge >= 0.3 is 0 Å². The predicted molar refractivity (Wildman–Crippen MR) is 84.1 cm³/mol. The number of thiophene rings is 1. The quantitative estimate of drug-likeness (QED) is 0.841. The molecule has 0 aromatic carbocycles. The van der Waals surface area contributed by atoms with Crippen LogP contribution >= 0.6 is 11.3 Å². The summed E-state index contributed by atoms with van der Waals surface area (Å²) in [5, 5.41) is 7.18. The Balaban J connectivity index is 1.99. The predicted octanol–water partition coefficient (Wildman–Crippen LogP) is 1.51. The number of aryl methyl sites for hydroxylation is 2. The molecule has 0 atom stereocenters. The molecule has 0 saturated carbocycles. The fourth-order valence-electron chi connectivity index (χ4n) is 1.91. The summed E-state index contributed by atoms with van der Waals surface area (Å²) >= 11 is 1.56. The molecule has 0 fully saturated rings. The first-order valence-corrected chi connectivity index (χ1v) is 7.56. The van der Waals surface area contributed by atoms with Crippen molar-refractivity contribution in [2.45, 2.75) is 26.9 Å². The number of amides is 1. The van der Waals surface area contributed by atoms with Gasteiger partial charge in [-0.1, -0.05) is 11.8 Å². The summed E-state index contributed by atoms with van der Waals surface area (Å²) in [5.41, 5.74) is 6.78. The van der Waals surface area contributed by atoms with Gasteiger partial charge in [0.1, 0.15) is 5.69 Å². The van der Waals surface area contributed by atoms with E-state index in [1.165, 1.54) is 0 Å². The van der Waals surface area contributed by atoms with Crippen molar-refractivity contribution in [2.75, 3.05) is 6.54 Å². The van der Waals surface area contributed by atoms with Gasteiger partial charge in [0.05, 0.1) is 23.7 Å². The highest BCUT2D eigenvalue weighted by molar-refractivity contribution is 7.12. The molecule has 3 N–H and O–H groups in total. The molecule has 0 spiro atoms. The highest BCUT2D eigenvalue weighted by atomic mass is 32.1. The molecule has 2 rings (SSSR count). The number of hydrogen-bond donors (Lipinski definition) is 2. The lowest BCUT2D eigenvalue weighted by atomic mass is 10.3.